The van der Waals surface area contributed by atoms with Gasteiger partial charge in [0.25, 0.3) is 5.91 Å². The Morgan fingerprint density at radius 3 is 2.50 bits per heavy atom. The molecule has 1 heterocycles. The van der Waals surface area contributed by atoms with Crippen molar-refractivity contribution in [2.75, 3.05) is 17.2 Å². The Hall–Kier alpha value is -2.47. The van der Waals surface area contributed by atoms with Crippen LogP contribution in [0.25, 0.3) is 0 Å². The van der Waals surface area contributed by atoms with Crippen molar-refractivity contribution in [3.8, 4) is 0 Å². The van der Waals surface area contributed by atoms with Crippen LogP contribution in [0.3, 0.4) is 0 Å². The molecule has 1 amide bonds. The van der Waals surface area contributed by atoms with Crippen molar-refractivity contribution < 1.29 is 19.1 Å². The standard InChI is InChI=1S/C13H11ClN2O4/c14-11-6-5-10(20-11)13(19)16(7-12(17)18)9-4-2-1-3-8(9)15/h1-6H,7,15H2,(H,17,18). The molecule has 0 saturated heterocycles. The number of nitrogens with zero attached hydrogens (tertiary/aromatic N) is 1. The Bertz CT molecular complexity index is 653. The van der Waals surface area contributed by atoms with E-state index in [9.17, 15) is 9.59 Å². The average molecular weight is 295 g/mol. The van der Waals surface area contributed by atoms with Gasteiger partial charge in [-0.1, -0.05) is 12.1 Å². The van der Waals surface area contributed by atoms with Crippen molar-refractivity contribution in [1.29, 1.82) is 0 Å². The van der Waals surface area contributed by atoms with Gasteiger partial charge in [-0.05, 0) is 35.9 Å². The Balaban J connectivity index is 2.40. The highest BCUT2D eigenvalue weighted by Gasteiger charge is 2.24. The molecule has 7 heteroatoms. The number of furan rings is 1. The van der Waals surface area contributed by atoms with Gasteiger partial charge in [-0.15, -0.1) is 0 Å². The van der Waals surface area contributed by atoms with Gasteiger partial charge >= 0.3 is 5.97 Å². The first-order valence-electron chi connectivity index (χ1n) is 5.62. The van der Waals surface area contributed by atoms with Crippen LogP contribution in [0, 0.1) is 0 Å². The number of hydrogen-bond acceptors (Lipinski definition) is 4. The highest BCUT2D eigenvalue weighted by molar-refractivity contribution is 6.29. The Morgan fingerprint density at radius 2 is 1.95 bits per heavy atom. The van der Waals surface area contributed by atoms with Crippen LogP contribution in [0.4, 0.5) is 11.4 Å². The largest absolute Gasteiger partial charge is 0.480 e. The molecular weight excluding hydrogens is 284 g/mol. The molecule has 0 spiro atoms. The lowest BCUT2D eigenvalue weighted by Gasteiger charge is -2.21. The fourth-order valence-electron chi connectivity index (χ4n) is 1.70. The van der Waals surface area contributed by atoms with Crippen LogP contribution >= 0.6 is 11.6 Å². The summed E-state index contributed by atoms with van der Waals surface area (Å²) in [6.45, 7) is -0.536. The van der Waals surface area contributed by atoms with Gasteiger partial charge in [0, 0.05) is 0 Å². The van der Waals surface area contributed by atoms with E-state index in [-0.39, 0.29) is 11.0 Å². The summed E-state index contributed by atoms with van der Waals surface area (Å²) in [5.41, 5.74) is 6.36. The number of benzene rings is 1. The average Bonchev–Trinajstić information content (AvgIpc) is 2.82. The van der Waals surface area contributed by atoms with Crippen molar-refractivity contribution >= 4 is 34.9 Å². The predicted octanol–water partition coefficient (Wildman–Crippen LogP) is 2.25. The smallest absolute Gasteiger partial charge is 0.323 e. The summed E-state index contributed by atoms with van der Waals surface area (Å²) in [5.74, 6) is -1.85. The topological polar surface area (TPSA) is 96.8 Å². The lowest BCUT2D eigenvalue weighted by atomic mass is 10.2. The molecular formula is C13H11ClN2O4. The number of carboxylic acids is 1. The number of nitrogen functional groups attached to an aromatic ring is 1. The number of halogens is 1. The number of amides is 1. The molecule has 0 aliphatic carbocycles. The second kappa shape index (κ2) is 5.66. The minimum atomic E-state index is -1.17. The van der Waals surface area contributed by atoms with Gasteiger partial charge in [0.1, 0.15) is 6.54 Å². The van der Waals surface area contributed by atoms with Crippen LogP contribution in [0.15, 0.2) is 40.8 Å². The van der Waals surface area contributed by atoms with Crippen molar-refractivity contribution in [2.45, 2.75) is 0 Å². The van der Waals surface area contributed by atoms with Crippen LogP contribution in [-0.2, 0) is 4.79 Å². The molecule has 0 atom stereocenters. The molecule has 0 bridgehead atoms. The molecule has 0 aliphatic heterocycles. The van der Waals surface area contributed by atoms with E-state index in [1.807, 2.05) is 0 Å². The first kappa shape index (κ1) is 14.0. The molecule has 0 unspecified atom stereocenters. The minimum Gasteiger partial charge on any atom is -0.480 e. The lowest BCUT2D eigenvalue weighted by molar-refractivity contribution is -0.135. The number of carboxylic acid groups (broad SMARTS) is 1. The molecule has 0 saturated carbocycles. The van der Waals surface area contributed by atoms with E-state index in [4.69, 9.17) is 26.9 Å². The maximum absolute atomic E-state index is 12.3. The predicted molar refractivity (Wildman–Crippen MR) is 73.9 cm³/mol. The molecule has 20 heavy (non-hydrogen) atoms. The van der Waals surface area contributed by atoms with E-state index in [0.29, 0.717) is 11.4 Å². The Kier molecular flexibility index (Phi) is 3.95. The van der Waals surface area contributed by atoms with E-state index < -0.39 is 18.4 Å². The van der Waals surface area contributed by atoms with Crippen LogP contribution < -0.4 is 10.6 Å². The molecule has 104 valence electrons. The van der Waals surface area contributed by atoms with Crippen LogP contribution in [-0.4, -0.2) is 23.5 Å². The molecule has 2 aromatic rings. The summed E-state index contributed by atoms with van der Waals surface area (Å²) >= 11 is 5.61. The Labute approximate surface area is 119 Å². The third kappa shape index (κ3) is 2.92. The van der Waals surface area contributed by atoms with Crippen molar-refractivity contribution in [3.63, 3.8) is 0 Å². The van der Waals surface area contributed by atoms with Crippen molar-refractivity contribution in [1.82, 2.24) is 0 Å². The van der Waals surface area contributed by atoms with Crippen LogP contribution in [0.5, 0.6) is 0 Å². The normalized spacial score (nSPS) is 10.2. The zero-order valence-electron chi connectivity index (χ0n) is 10.2. The zero-order valence-corrected chi connectivity index (χ0v) is 11.0. The summed E-state index contributed by atoms with van der Waals surface area (Å²) in [6, 6.07) is 9.25. The quantitative estimate of drug-likeness (QED) is 0.843. The fourth-order valence-corrected chi connectivity index (χ4v) is 1.84. The third-order valence-electron chi connectivity index (χ3n) is 2.55. The number of nitrogens with two attached hydrogens (primary N) is 1. The highest BCUT2D eigenvalue weighted by atomic mass is 35.5. The summed E-state index contributed by atoms with van der Waals surface area (Å²) in [5, 5.41) is 8.99. The summed E-state index contributed by atoms with van der Waals surface area (Å²) < 4.78 is 5.01. The molecule has 0 fully saturated rings. The van der Waals surface area contributed by atoms with Gasteiger partial charge in [-0.3, -0.25) is 14.5 Å². The number of anilines is 2. The number of hydrogen-bond donors (Lipinski definition) is 2. The number of rotatable bonds is 4. The second-order valence-corrected chi connectivity index (χ2v) is 4.32. The lowest BCUT2D eigenvalue weighted by Crippen LogP contribution is -2.36. The van der Waals surface area contributed by atoms with E-state index in [1.165, 1.54) is 12.1 Å². The monoisotopic (exact) mass is 294 g/mol. The molecule has 2 rings (SSSR count). The van der Waals surface area contributed by atoms with Crippen LogP contribution in [0.1, 0.15) is 10.6 Å². The van der Waals surface area contributed by atoms with E-state index in [1.54, 1.807) is 24.3 Å². The van der Waals surface area contributed by atoms with Gasteiger partial charge in [-0.2, -0.15) is 0 Å². The van der Waals surface area contributed by atoms with Crippen molar-refractivity contribution in [3.05, 3.63) is 47.4 Å². The molecule has 1 aromatic heterocycles. The molecule has 0 radical (unpaired) electrons. The first-order valence-corrected chi connectivity index (χ1v) is 6.00. The number of carbonyl (C=O) groups is 2. The third-order valence-corrected chi connectivity index (χ3v) is 2.75. The maximum Gasteiger partial charge on any atom is 0.323 e. The summed E-state index contributed by atoms with van der Waals surface area (Å²) in [4.78, 5) is 24.3. The van der Waals surface area contributed by atoms with Crippen molar-refractivity contribution in [2.24, 2.45) is 0 Å². The number of aliphatic carboxylic acids is 1. The fraction of sp³-hybridized carbons (Fsp3) is 0.0769. The van der Waals surface area contributed by atoms with Gasteiger partial charge in [0.05, 0.1) is 11.4 Å². The summed E-state index contributed by atoms with van der Waals surface area (Å²) in [7, 11) is 0. The molecule has 0 aliphatic rings. The summed E-state index contributed by atoms with van der Waals surface area (Å²) in [6.07, 6.45) is 0. The van der Waals surface area contributed by atoms with Gasteiger partial charge < -0.3 is 15.3 Å². The van der Waals surface area contributed by atoms with E-state index >= 15 is 0 Å². The molecule has 1 aromatic carbocycles. The second-order valence-electron chi connectivity index (χ2n) is 3.95. The maximum atomic E-state index is 12.3. The van der Waals surface area contributed by atoms with Crippen LogP contribution in [0.2, 0.25) is 5.22 Å². The van der Waals surface area contributed by atoms with Gasteiger partial charge in [0.15, 0.2) is 11.0 Å². The van der Waals surface area contributed by atoms with E-state index in [2.05, 4.69) is 0 Å². The zero-order chi connectivity index (χ0) is 14.7. The SMILES string of the molecule is Nc1ccccc1N(CC(=O)O)C(=O)c1ccc(Cl)o1. The molecule has 6 nitrogen and oxygen atoms in total. The molecule has 3 N–H and O–H groups in total. The van der Waals surface area contributed by atoms with E-state index in [0.717, 1.165) is 4.90 Å². The Morgan fingerprint density at radius 1 is 1.25 bits per heavy atom. The van der Waals surface area contributed by atoms with Gasteiger partial charge in [-0.25, -0.2) is 0 Å². The number of para-hydroxylation sites is 2. The van der Waals surface area contributed by atoms with Gasteiger partial charge in [0.2, 0.25) is 0 Å². The first-order chi connectivity index (χ1) is 9.49. The highest BCUT2D eigenvalue weighted by Crippen LogP contribution is 2.25. The minimum absolute atomic E-state index is 0.0460. The number of carbonyl (C=O) groups excluding carboxylic acids is 1.